The molecule has 0 bridgehead atoms. The van der Waals surface area contributed by atoms with E-state index in [0.717, 1.165) is 17.7 Å². The van der Waals surface area contributed by atoms with E-state index >= 15 is 0 Å². The fourth-order valence-corrected chi connectivity index (χ4v) is 3.64. The summed E-state index contributed by atoms with van der Waals surface area (Å²) < 4.78 is 14.7. The molecule has 1 aliphatic rings. The van der Waals surface area contributed by atoms with E-state index in [-0.39, 0.29) is 17.4 Å². The maximum Gasteiger partial charge on any atom is 0.278 e. The van der Waals surface area contributed by atoms with Crippen molar-refractivity contribution in [1.29, 1.82) is 0 Å². The van der Waals surface area contributed by atoms with Crippen LogP contribution in [0.3, 0.4) is 0 Å². The van der Waals surface area contributed by atoms with Gasteiger partial charge in [-0.1, -0.05) is 23.7 Å². The van der Waals surface area contributed by atoms with E-state index in [0.29, 0.717) is 28.1 Å². The highest BCUT2D eigenvalue weighted by molar-refractivity contribution is 7.98. The van der Waals surface area contributed by atoms with Crippen LogP contribution in [-0.4, -0.2) is 14.8 Å². The highest BCUT2D eigenvalue weighted by atomic mass is 35.5. The van der Waals surface area contributed by atoms with Crippen molar-refractivity contribution in [2.24, 2.45) is 0 Å². The van der Waals surface area contributed by atoms with Crippen LogP contribution >= 0.6 is 23.4 Å². The Morgan fingerprint density at radius 2 is 1.89 bits per heavy atom. The molecule has 0 radical (unpaired) electrons. The van der Waals surface area contributed by atoms with Crippen molar-refractivity contribution in [3.05, 3.63) is 75.4 Å². The van der Waals surface area contributed by atoms with Crippen molar-refractivity contribution in [3.63, 3.8) is 0 Å². The minimum absolute atomic E-state index is 0.132. The summed E-state index contributed by atoms with van der Waals surface area (Å²) in [5, 5.41) is 12.0. The molecule has 1 saturated carbocycles. The van der Waals surface area contributed by atoms with Crippen molar-refractivity contribution < 1.29 is 4.39 Å². The van der Waals surface area contributed by atoms with E-state index in [4.69, 9.17) is 11.6 Å². The molecule has 0 amide bonds. The smallest absolute Gasteiger partial charge is 0.278 e. The lowest BCUT2D eigenvalue weighted by molar-refractivity contribution is 0.626. The lowest BCUT2D eigenvalue weighted by Crippen LogP contribution is -2.28. The SMILES string of the molecule is O=c1c(CSc2ccc(F)cc2)nnc(Nc2ccccc2Cl)n1C1CC1. The van der Waals surface area contributed by atoms with Crippen LogP contribution in [0.15, 0.2) is 58.2 Å². The highest BCUT2D eigenvalue weighted by Gasteiger charge is 2.29. The molecule has 138 valence electrons. The van der Waals surface area contributed by atoms with Gasteiger partial charge in [-0.3, -0.25) is 9.36 Å². The maximum atomic E-state index is 13.0. The van der Waals surface area contributed by atoms with Gasteiger partial charge in [0.15, 0.2) is 0 Å². The summed E-state index contributed by atoms with van der Waals surface area (Å²) in [6.07, 6.45) is 1.88. The number of thioether (sulfide) groups is 1. The molecule has 2 aromatic carbocycles. The second-order valence-electron chi connectivity index (χ2n) is 6.22. The molecule has 4 rings (SSSR count). The molecule has 0 spiro atoms. The number of nitrogens with one attached hydrogen (secondary N) is 1. The number of rotatable bonds is 6. The average Bonchev–Trinajstić information content (AvgIpc) is 3.49. The zero-order valence-corrected chi connectivity index (χ0v) is 15.8. The molecule has 0 unspecified atom stereocenters. The minimum atomic E-state index is -0.287. The fourth-order valence-electron chi connectivity index (χ4n) is 2.65. The number of hydrogen-bond acceptors (Lipinski definition) is 5. The second kappa shape index (κ2) is 7.70. The maximum absolute atomic E-state index is 13.0. The van der Waals surface area contributed by atoms with Gasteiger partial charge in [-0.2, -0.15) is 0 Å². The van der Waals surface area contributed by atoms with Gasteiger partial charge in [0, 0.05) is 16.7 Å². The topological polar surface area (TPSA) is 59.8 Å². The Labute approximate surface area is 164 Å². The van der Waals surface area contributed by atoms with Gasteiger partial charge in [0.05, 0.1) is 10.7 Å². The molecule has 1 N–H and O–H groups in total. The Hall–Kier alpha value is -2.38. The number of benzene rings is 2. The summed E-state index contributed by atoms with van der Waals surface area (Å²) in [6.45, 7) is 0. The predicted molar refractivity (Wildman–Crippen MR) is 105 cm³/mol. The Morgan fingerprint density at radius 3 is 2.59 bits per heavy atom. The normalized spacial score (nSPS) is 13.6. The Kier molecular flexibility index (Phi) is 5.13. The predicted octanol–water partition coefficient (Wildman–Crippen LogP) is 4.80. The zero-order valence-electron chi connectivity index (χ0n) is 14.2. The van der Waals surface area contributed by atoms with Crippen molar-refractivity contribution in [3.8, 4) is 0 Å². The first kappa shape index (κ1) is 18.0. The molecular weight excluding hydrogens is 387 g/mol. The zero-order chi connectivity index (χ0) is 18.8. The van der Waals surface area contributed by atoms with E-state index in [2.05, 4.69) is 15.5 Å². The minimum Gasteiger partial charge on any atom is -0.323 e. The van der Waals surface area contributed by atoms with Crippen molar-refractivity contribution >= 4 is 35.0 Å². The summed E-state index contributed by atoms with van der Waals surface area (Å²) >= 11 is 7.62. The summed E-state index contributed by atoms with van der Waals surface area (Å²) in [5.74, 6) is 0.479. The molecule has 8 heteroatoms. The summed E-state index contributed by atoms with van der Waals surface area (Å²) in [4.78, 5) is 13.8. The molecule has 1 aromatic heterocycles. The first-order valence-electron chi connectivity index (χ1n) is 8.50. The van der Waals surface area contributed by atoms with Crippen LogP contribution < -0.4 is 10.9 Å². The number of para-hydroxylation sites is 1. The molecule has 3 aromatic rings. The van der Waals surface area contributed by atoms with Gasteiger partial charge >= 0.3 is 0 Å². The molecule has 0 atom stereocenters. The molecule has 1 aliphatic carbocycles. The van der Waals surface area contributed by atoms with E-state index in [1.54, 1.807) is 22.8 Å². The molecule has 1 heterocycles. The van der Waals surface area contributed by atoms with E-state index in [9.17, 15) is 9.18 Å². The van der Waals surface area contributed by atoms with Gasteiger partial charge in [0.1, 0.15) is 11.5 Å². The van der Waals surface area contributed by atoms with Crippen molar-refractivity contribution in [2.45, 2.75) is 29.5 Å². The van der Waals surface area contributed by atoms with Crippen LogP contribution in [0.4, 0.5) is 16.0 Å². The third kappa shape index (κ3) is 4.14. The number of nitrogens with zero attached hydrogens (tertiary/aromatic N) is 3. The lowest BCUT2D eigenvalue weighted by Gasteiger charge is -2.14. The summed E-state index contributed by atoms with van der Waals surface area (Å²) in [6, 6.07) is 13.6. The quantitative estimate of drug-likeness (QED) is 0.600. The van der Waals surface area contributed by atoms with Crippen LogP contribution in [0.1, 0.15) is 24.6 Å². The molecule has 0 aliphatic heterocycles. The molecule has 1 fully saturated rings. The standard InChI is InChI=1S/C19H16ClFN4OS/c20-15-3-1-2-4-16(15)22-19-24-23-17(18(26)25(19)13-7-8-13)11-27-14-9-5-12(21)6-10-14/h1-6,9-10,13H,7-8,11H2,(H,22,24). The van der Waals surface area contributed by atoms with Gasteiger partial charge < -0.3 is 5.32 Å². The Balaban J connectivity index is 1.59. The van der Waals surface area contributed by atoms with Crippen LogP contribution in [0.25, 0.3) is 0 Å². The summed E-state index contributed by atoms with van der Waals surface area (Å²) in [5.41, 5.74) is 0.897. The molecule has 5 nitrogen and oxygen atoms in total. The lowest BCUT2D eigenvalue weighted by atomic mass is 10.3. The van der Waals surface area contributed by atoms with Crippen molar-refractivity contribution in [1.82, 2.24) is 14.8 Å². The van der Waals surface area contributed by atoms with Crippen LogP contribution in [0, 0.1) is 5.82 Å². The van der Waals surface area contributed by atoms with Crippen molar-refractivity contribution in [2.75, 3.05) is 5.32 Å². The number of hydrogen-bond donors (Lipinski definition) is 1. The fraction of sp³-hybridized carbons (Fsp3) is 0.211. The van der Waals surface area contributed by atoms with Gasteiger partial charge in [0.25, 0.3) is 5.56 Å². The van der Waals surface area contributed by atoms with Gasteiger partial charge in [-0.25, -0.2) is 4.39 Å². The van der Waals surface area contributed by atoms with Crippen LogP contribution in [-0.2, 0) is 5.75 Å². The second-order valence-corrected chi connectivity index (χ2v) is 7.68. The summed E-state index contributed by atoms with van der Waals surface area (Å²) in [7, 11) is 0. The van der Waals surface area contributed by atoms with Gasteiger partial charge in [-0.05, 0) is 49.2 Å². The molecule has 0 saturated heterocycles. The third-order valence-electron chi connectivity index (χ3n) is 4.18. The number of halogens is 2. The number of anilines is 2. The van der Waals surface area contributed by atoms with Crippen LogP contribution in [0.2, 0.25) is 5.02 Å². The monoisotopic (exact) mass is 402 g/mol. The largest absolute Gasteiger partial charge is 0.323 e. The third-order valence-corrected chi connectivity index (χ3v) is 5.53. The molecule has 27 heavy (non-hydrogen) atoms. The Bertz CT molecular complexity index is 1020. The Morgan fingerprint density at radius 1 is 1.15 bits per heavy atom. The highest BCUT2D eigenvalue weighted by Crippen LogP contribution is 2.36. The van der Waals surface area contributed by atoms with E-state index in [1.807, 2.05) is 18.2 Å². The van der Waals surface area contributed by atoms with E-state index < -0.39 is 0 Å². The van der Waals surface area contributed by atoms with Gasteiger partial charge in [-0.15, -0.1) is 22.0 Å². The first-order valence-corrected chi connectivity index (χ1v) is 9.86. The number of aromatic nitrogens is 3. The average molecular weight is 403 g/mol. The van der Waals surface area contributed by atoms with Gasteiger partial charge in [0.2, 0.25) is 5.95 Å². The van der Waals surface area contributed by atoms with Crippen LogP contribution in [0.5, 0.6) is 0 Å². The first-order chi connectivity index (χ1) is 13.1. The molecular formula is C19H16ClFN4OS. The van der Waals surface area contributed by atoms with E-state index in [1.165, 1.54) is 23.9 Å².